The summed E-state index contributed by atoms with van der Waals surface area (Å²) in [4.78, 5) is 4.51. The summed E-state index contributed by atoms with van der Waals surface area (Å²) in [6, 6.07) is 4.49. The van der Waals surface area contributed by atoms with E-state index in [1.54, 1.807) is 0 Å². The van der Waals surface area contributed by atoms with Gasteiger partial charge in [0.15, 0.2) is 0 Å². The summed E-state index contributed by atoms with van der Waals surface area (Å²) >= 11 is 0. The molecule has 0 saturated carbocycles. The van der Waals surface area contributed by atoms with E-state index in [9.17, 15) is 0 Å². The van der Waals surface area contributed by atoms with Crippen LogP contribution in [0.1, 0.15) is 37.6 Å². The van der Waals surface area contributed by atoms with Gasteiger partial charge in [-0.1, -0.05) is 13.8 Å². The van der Waals surface area contributed by atoms with Gasteiger partial charge >= 0.3 is 0 Å². The highest BCUT2D eigenvalue weighted by Gasteiger charge is 2.17. The van der Waals surface area contributed by atoms with Gasteiger partial charge in [0.05, 0.1) is 11.2 Å². The number of rotatable bonds is 1. The van der Waals surface area contributed by atoms with E-state index in [1.807, 2.05) is 6.20 Å². The van der Waals surface area contributed by atoms with Gasteiger partial charge < -0.3 is 4.57 Å². The van der Waals surface area contributed by atoms with Crippen LogP contribution in [0.5, 0.6) is 0 Å². The van der Waals surface area contributed by atoms with Crippen molar-refractivity contribution in [3.63, 3.8) is 0 Å². The Morgan fingerprint density at radius 3 is 3.07 bits per heavy atom. The van der Waals surface area contributed by atoms with E-state index in [1.165, 1.54) is 41.7 Å². The Kier molecular flexibility index (Phi) is 1.84. The van der Waals surface area contributed by atoms with E-state index in [0.29, 0.717) is 5.92 Å². The van der Waals surface area contributed by atoms with Gasteiger partial charge in [-0.25, -0.2) is 0 Å². The van der Waals surface area contributed by atoms with Crippen LogP contribution in [-0.2, 0) is 13.0 Å². The molecule has 0 aliphatic carbocycles. The van der Waals surface area contributed by atoms with Crippen LogP contribution in [-0.4, -0.2) is 9.55 Å². The summed E-state index contributed by atoms with van der Waals surface area (Å²) < 4.78 is 2.45. The lowest BCUT2D eigenvalue weighted by Gasteiger charge is -2.06. The second-order valence-corrected chi connectivity index (χ2v) is 4.67. The zero-order valence-electron chi connectivity index (χ0n) is 9.33. The molecule has 0 N–H and O–H groups in total. The van der Waals surface area contributed by atoms with Gasteiger partial charge in [0.25, 0.3) is 0 Å². The molecule has 0 unspecified atom stereocenters. The fourth-order valence-corrected chi connectivity index (χ4v) is 2.61. The third kappa shape index (κ3) is 1.21. The number of nitrogens with zero attached hydrogens (tertiary/aromatic N) is 2. The first-order valence-electron chi connectivity index (χ1n) is 5.74. The predicted octanol–water partition coefficient (Wildman–Crippen LogP) is 3.11. The molecule has 15 heavy (non-hydrogen) atoms. The molecule has 78 valence electrons. The fraction of sp³-hybridized carbons (Fsp3) is 0.462. The second-order valence-electron chi connectivity index (χ2n) is 4.67. The van der Waals surface area contributed by atoms with Gasteiger partial charge in [-0.05, 0) is 30.9 Å². The molecule has 1 aliphatic rings. The van der Waals surface area contributed by atoms with Crippen molar-refractivity contribution in [3.8, 4) is 0 Å². The molecule has 0 fully saturated rings. The van der Waals surface area contributed by atoms with Crippen LogP contribution in [0, 0.1) is 0 Å². The fourth-order valence-electron chi connectivity index (χ4n) is 2.61. The summed E-state index contributed by atoms with van der Waals surface area (Å²) in [5.41, 5.74) is 4.11. The standard InChI is InChI=1S/C13H16N2/c1-9(2)13-11-8-10-4-3-7-15(10)12(11)5-6-14-13/h5-6,8-9H,3-4,7H2,1-2H3. The Morgan fingerprint density at radius 1 is 1.40 bits per heavy atom. The van der Waals surface area contributed by atoms with Crippen LogP contribution in [0.4, 0.5) is 0 Å². The second kappa shape index (κ2) is 3.09. The number of aromatic nitrogens is 2. The van der Waals surface area contributed by atoms with Gasteiger partial charge in [0.2, 0.25) is 0 Å². The quantitative estimate of drug-likeness (QED) is 0.691. The highest BCUT2D eigenvalue weighted by atomic mass is 15.0. The molecule has 2 nitrogen and oxygen atoms in total. The minimum absolute atomic E-state index is 0.511. The zero-order valence-corrected chi connectivity index (χ0v) is 9.33. The minimum Gasteiger partial charge on any atom is -0.344 e. The van der Waals surface area contributed by atoms with Crippen molar-refractivity contribution in [2.75, 3.05) is 0 Å². The molecule has 0 bridgehead atoms. The molecule has 1 aliphatic heterocycles. The Morgan fingerprint density at radius 2 is 2.27 bits per heavy atom. The summed E-state index contributed by atoms with van der Waals surface area (Å²) in [6.07, 6.45) is 4.47. The third-order valence-corrected chi connectivity index (χ3v) is 3.31. The molecule has 0 aromatic carbocycles. The van der Waals surface area contributed by atoms with E-state index >= 15 is 0 Å². The van der Waals surface area contributed by atoms with Crippen molar-refractivity contribution in [1.29, 1.82) is 0 Å². The molecular formula is C13H16N2. The van der Waals surface area contributed by atoms with E-state index in [0.717, 1.165) is 0 Å². The average molecular weight is 200 g/mol. The van der Waals surface area contributed by atoms with Crippen molar-refractivity contribution in [3.05, 3.63) is 29.7 Å². The number of pyridine rings is 1. The van der Waals surface area contributed by atoms with Gasteiger partial charge in [-0.2, -0.15) is 0 Å². The van der Waals surface area contributed by atoms with Crippen LogP contribution in [0.3, 0.4) is 0 Å². The molecule has 0 atom stereocenters. The molecule has 0 spiro atoms. The van der Waals surface area contributed by atoms with Crippen molar-refractivity contribution in [2.45, 2.75) is 39.2 Å². The van der Waals surface area contributed by atoms with Crippen molar-refractivity contribution >= 4 is 10.9 Å². The smallest absolute Gasteiger partial charge is 0.0522 e. The molecular weight excluding hydrogens is 184 g/mol. The van der Waals surface area contributed by atoms with Crippen LogP contribution in [0.25, 0.3) is 10.9 Å². The van der Waals surface area contributed by atoms with E-state index < -0.39 is 0 Å². The predicted molar refractivity (Wildman–Crippen MR) is 62.1 cm³/mol. The number of aryl methyl sites for hydroxylation is 2. The molecule has 3 heterocycles. The van der Waals surface area contributed by atoms with Crippen LogP contribution >= 0.6 is 0 Å². The summed E-state index contributed by atoms with van der Waals surface area (Å²) in [5.74, 6) is 0.511. The lowest BCUT2D eigenvalue weighted by atomic mass is 10.1. The first-order valence-corrected chi connectivity index (χ1v) is 5.74. The monoisotopic (exact) mass is 200 g/mol. The van der Waals surface area contributed by atoms with Crippen LogP contribution in [0.2, 0.25) is 0 Å². The topological polar surface area (TPSA) is 17.8 Å². The summed E-state index contributed by atoms with van der Waals surface area (Å²) in [5, 5.41) is 1.36. The van der Waals surface area contributed by atoms with E-state index in [2.05, 4.69) is 35.5 Å². The van der Waals surface area contributed by atoms with Crippen LogP contribution < -0.4 is 0 Å². The Hall–Kier alpha value is -1.31. The normalized spacial score (nSPS) is 15.1. The molecule has 2 aromatic heterocycles. The van der Waals surface area contributed by atoms with Gasteiger partial charge in [0, 0.05) is 23.8 Å². The maximum atomic E-state index is 4.51. The Labute approximate surface area is 89.9 Å². The first kappa shape index (κ1) is 8.96. The highest BCUT2D eigenvalue weighted by Crippen LogP contribution is 2.30. The number of fused-ring (bicyclic) bond motifs is 3. The molecule has 2 heteroatoms. The van der Waals surface area contributed by atoms with Crippen LogP contribution in [0.15, 0.2) is 18.3 Å². The zero-order chi connectivity index (χ0) is 10.4. The summed E-state index contributed by atoms with van der Waals surface area (Å²) in [7, 11) is 0. The van der Waals surface area contributed by atoms with Gasteiger partial charge in [-0.3, -0.25) is 4.98 Å². The molecule has 0 amide bonds. The van der Waals surface area contributed by atoms with Crippen molar-refractivity contribution < 1.29 is 0 Å². The van der Waals surface area contributed by atoms with E-state index in [4.69, 9.17) is 0 Å². The molecule has 2 aromatic rings. The van der Waals surface area contributed by atoms with Crippen molar-refractivity contribution in [2.24, 2.45) is 0 Å². The molecule has 0 radical (unpaired) electrons. The molecule has 0 saturated heterocycles. The third-order valence-electron chi connectivity index (χ3n) is 3.31. The van der Waals surface area contributed by atoms with Crippen molar-refractivity contribution in [1.82, 2.24) is 9.55 Å². The molecule has 3 rings (SSSR count). The lowest BCUT2D eigenvalue weighted by Crippen LogP contribution is -1.95. The highest BCUT2D eigenvalue weighted by molar-refractivity contribution is 5.84. The number of hydrogen-bond acceptors (Lipinski definition) is 1. The van der Waals surface area contributed by atoms with E-state index in [-0.39, 0.29) is 0 Å². The maximum Gasteiger partial charge on any atom is 0.0522 e. The first-order chi connectivity index (χ1) is 7.27. The number of hydrogen-bond donors (Lipinski definition) is 0. The summed E-state index contributed by atoms with van der Waals surface area (Å²) in [6.45, 7) is 5.61. The SMILES string of the molecule is CC(C)c1nccc2c1cc1n2CCC1. The Bertz CT molecular complexity index is 508. The largest absolute Gasteiger partial charge is 0.344 e. The van der Waals surface area contributed by atoms with Gasteiger partial charge in [0.1, 0.15) is 0 Å². The Balaban J connectivity index is 2.33. The maximum absolute atomic E-state index is 4.51. The lowest BCUT2D eigenvalue weighted by molar-refractivity contribution is 0.770. The minimum atomic E-state index is 0.511. The van der Waals surface area contributed by atoms with Gasteiger partial charge in [-0.15, -0.1) is 0 Å². The average Bonchev–Trinajstić information content (AvgIpc) is 2.75.